The summed E-state index contributed by atoms with van der Waals surface area (Å²) in [4.78, 5) is 14.7. The highest BCUT2D eigenvalue weighted by Crippen LogP contribution is 2.28. The first-order valence-electron chi connectivity index (χ1n) is 11.0. The maximum atomic E-state index is 12.8. The van der Waals surface area contributed by atoms with Crippen LogP contribution in [0.4, 0.5) is 4.79 Å². The first kappa shape index (κ1) is 21.9. The van der Waals surface area contributed by atoms with Gasteiger partial charge < -0.3 is 9.64 Å². The Kier molecular flexibility index (Phi) is 7.54. The molecule has 2 aromatic carbocycles. The number of amides is 1. The highest BCUT2D eigenvalue weighted by Gasteiger charge is 2.34. The molecule has 1 amide bonds. The minimum Gasteiger partial charge on any atom is -0.444 e. The molecule has 0 saturated carbocycles. The van der Waals surface area contributed by atoms with Crippen LogP contribution in [0.15, 0.2) is 72.0 Å². The van der Waals surface area contributed by atoms with Crippen molar-refractivity contribution in [1.82, 2.24) is 4.90 Å². The van der Waals surface area contributed by atoms with Crippen molar-refractivity contribution in [2.75, 3.05) is 6.54 Å². The Morgan fingerprint density at radius 1 is 1.10 bits per heavy atom. The summed E-state index contributed by atoms with van der Waals surface area (Å²) < 4.78 is 5.67. The van der Waals surface area contributed by atoms with Gasteiger partial charge in [-0.1, -0.05) is 60.7 Å². The van der Waals surface area contributed by atoms with Crippen molar-refractivity contribution in [2.24, 2.45) is 0 Å². The molecular weight excluding hydrogens is 370 g/mol. The van der Waals surface area contributed by atoms with Crippen molar-refractivity contribution in [3.63, 3.8) is 0 Å². The lowest BCUT2D eigenvalue weighted by atomic mass is 9.97. The number of rotatable bonds is 6. The number of benzene rings is 2. The Hall–Kier alpha value is -2.77. The van der Waals surface area contributed by atoms with E-state index in [0.29, 0.717) is 0 Å². The molecule has 3 heteroatoms. The SMILES string of the molecule is CC(C)(C)OC(=O)N1CCCC1C(=C=Cc1ccccc1)CCCc1ccccc1. The number of ether oxygens (including phenoxy) is 1. The monoisotopic (exact) mass is 403 g/mol. The molecule has 0 radical (unpaired) electrons. The van der Waals surface area contributed by atoms with Gasteiger partial charge >= 0.3 is 6.09 Å². The van der Waals surface area contributed by atoms with Crippen molar-refractivity contribution in [2.45, 2.75) is 64.5 Å². The van der Waals surface area contributed by atoms with Gasteiger partial charge in [0.15, 0.2) is 0 Å². The standard InChI is InChI=1S/C27H33NO2/c1-27(2,3)30-26(29)28-21-11-18-25(28)24(20-19-23-14-8-5-9-15-23)17-10-16-22-12-6-4-7-13-22/h4-9,12-15,19,25H,10-11,16-18,21H2,1-3H3. The van der Waals surface area contributed by atoms with E-state index in [0.717, 1.165) is 44.2 Å². The van der Waals surface area contributed by atoms with E-state index < -0.39 is 5.60 Å². The van der Waals surface area contributed by atoms with Gasteiger partial charge in [-0.15, -0.1) is 5.73 Å². The number of hydrogen-bond acceptors (Lipinski definition) is 2. The van der Waals surface area contributed by atoms with Crippen molar-refractivity contribution >= 4 is 12.2 Å². The molecule has 3 nitrogen and oxygen atoms in total. The summed E-state index contributed by atoms with van der Waals surface area (Å²) in [6, 6.07) is 20.9. The van der Waals surface area contributed by atoms with Crippen molar-refractivity contribution in [3.05, 3.63) is 83.1 Å². The normalized spacial score (nSPS) is 16.1. The lowest BCUT2D eigenvalue weighted by Crippen LogP contribution is -2.40. The molecule has 1 heterocycles. The average molecular weight is 404 g/mol. The van der Waals surface area contributed by atoms with Gasteiger partial charge in [-0.05, 0) is 75.7 Å². The minimum atomic E-state index is -0.485. The summed E-state index contributed by atoms with van der Waals surface area (Å²) in [5, 5.41) is 0. The smallest absolute Gasteiger partial charge is 0.410 e. The first-order valence-corrected chi connectivity index (χ1v) is 11.0. The topological polar surface area (TPSA) is 29.5 Å². The second-order valence-corrected chi connectivity index (χ2v) is 8.90. The predicted molar refractivity (Wildman–Crippen MR) is 123 cm³/mol. The molecule has 3 rings (SSSR count). The van der Waals surface area contributed by atoms with Crippen LogP contribution < -0.4 is 0 Å². The summed E-state index contributed by atoms with van der Waals surface area (Å²) in [5.74, 6) is 0. The molecule has 0 N–H and O–H groups in total. The summed E-state index contributed by atoms with van der Waals surface area (Å²) >= 11 is 0. The van der Waals surface area contributed by atoms with E-state index in [2.05, 4.69) is 48.2 Å². The summed E-state index contributed by atoms with van der Waals surface area (Å²) in [5.41, 5.74) is 6.73. The Balaban J connectivity index is 1.79. The maximum absolute atomic E-state index is 12.8. The van der Waals surface area contributed by atoms with Crippen molar-refractivity contribution in [3.8, 4) is 0 Å². The molecule has 0 aromatic heterocycles. The van der Waals surface area contributed by atoms with Gasteiger partial charge in [-0.3, -0.25) is 0 Å². The zero-order chi connectivity index (χ0) is 21.4. The number of nitrogens with zero attached hydrogens (tertiary/aromatic N) is 1. The number of hydrogen-bond donors (Lipinski definition) is 0. The second-order valence-electron chi connectivity index (χ2n) is 8.90. The average Bonchev–Trinajstić information content (AvgIpc) is 3.21. The zero-order valence-electron chi connectivity index (χ0n) is 18.4. The van der Waals surface area contributed by atoms with Crippen LogP contribution in [-0.4, -0.2) is 29.2 Å². The molecule has 0 aliphatic carbocycles. The Morgan fingerprint density at radius 3 is 2.43 bits per heavy atom. The lowest BCUT2D eigenvalue weighted by molar-refractivity contribution is 0.0247. The quantitative estimate of drug-likeness (QED) is 0.506. The number of carbonyl (C=O) groups is 1. The molecule has 1 unspecified atom stereocenters. The van der Waals surface area contributed by atoms with Crippen LogP contribution in [0.25, 0.3) is 6.08 Å². The molecule has 0 spiro atoms. The fourth-order valence-electron chi connectivity index (χ4n) is 3.86. The third kappa shape index (κ3) is 6.64. The number of likely N-dealkylation sites (tertiary alicyclic amines) is 1. The maximum Gasteiger partial charge on any atom is 0.410 e. The van der Waals surface area contributed by atoms with E-state index >= 15 is 0 Å². The molecule has 1 fully saturated rings. The van der Waals surface area contributed by atoms with Crippen LogP contribution in [0.5, 0.6) is 0 Å². The molecule has 2 aromatic rings. The highest BCUT2D eigenvalue weighted by atomic mass is 16.6. The largest absolute Gasteiger partial charge is 0.444 e. The Morgan fingerprint density at radius 2 is 1.77 bits per heavy atom. The van der Waals surface area contributed by atoms with Gasteiger partial charge in [0.05, 0.1) is 6.04 Å². The van der Waals surface area contributed by atoms with Gasteiger partial charge in [0.2, 0.25) is 0 Å². The second kappa shape index (κ2) is 10.3. The van der Waals surface area contributed by atoms with Gasteiger partial charge in [0.1, 0.15) is 5.60 Å². The first-order chi connectivity index (χ1) is 14.4. The Bertz CT molecular complexity index is 874. The van der Waals surface area contributed by atoms with Crippen molar-refractivity contribution < 1.29 is 9.53 Å². The number of carbonyl (C=O) groups excluding carboxylic acids is 1. The fourth-order valence-corrected chi connectivity index (χ4v) is 3.86. The summed E-state index contributed by atoms with van der Waals surface area (Å²) in [6.45, 7) is 6.50. The third-order valence-electron chi connectivity index (χ3n) is 5.26. The van der Waals surface area contributed by atoms with E-state index in [1.807, 2.05) is 49.9 Å². The van der Waals surface area contributed by atoms with Gasteiger partial charge in [-0.2, -0.15) is 0 Å². The van der Waals surface area contributed by atoms with Gasteiger partial charge in [0, 0.05) is 6.54 Å². The molecule has 30 heavy (non-hydrogen) atoms. The molecule has 1 atom stereocenters. The van der Waals surface area contributed by atoms with Crippen LogP contribution in [0.2, 0.25) is 0 Å². The fraction of sp³-hybridized carbons (Fsp3) is 0.407. The molecule has 1 aliphatic rings. The minimum absolute atomic E-state index is 0.0654. The molecule has 1 aliphatic heterocycles. The van der Waals surface area contributed by atoms with Crippen LogP contribution in [0.3, 0.4) is 0 Å². The summed E-state index contributed by atoms with van der Waals surface area (Å²) in [7, 11) is 0. The lowest BCUT2D eigenvalue weighted by Gasteiger charge is -2.29. The highest BCUT2D eigenvalue weighted by molar-refractivity contribution is 5.69. The number of aryl methyl sites for hydroxylation is 1. The van der Waals surface area contributed by atoms with Crippen LogP contribution >= 0.6 is 0 Å². The molecule has 158 valence electrons. The Labute approximate surface area is 181 Å². The van der Waals surface area contributed by atoms with E-state index in [-0.39, 0.29) is 12.1 Å². The van der Waals surface area contributed by atoms with Gasteiger partial charge in [-0.25, -0.2) is 4.79 Å². The molecule has 0 bridgehead atoms. The zero-order valence-corrected chi connectivity index (χ0v) is 18.4. The summed E-state index contributed by atoms with van der Waals surface area (Å²) in [6.07, 6.45) is 6.77. The molecular formula is C27H33NO2. The van der Waals surface area contributed by atoms with E-state index in [1.165, 1.54) is 11.1 Å². The van der Waals surface area contributed by atoms with E-state index in [1.54, 1.807) is 0 Å². The van der Waals surface area contributed by atoms with Crippen LogP contribution in [0.1, 0.15) is 57.6 Å². The van der Waals surface area contributed by atoms with Crippen LogP contribution in [-0.2, 0) is 11.2 Å². The van der Waals surface area contributed by atoms with E-state index in [9.17, 15) is 4.79 Å². The van der Waals surface area contributed by atoms with Crippen LogP contribution in [0, 0.1) is 0 Å². The van der Waals surface area contributed by atoms with Gasteiger partial charge in [0.25, 0.3) is 0 Å². The van der Waals surface area contributed by atoms with Crippen molar-refractivity contribution in [1.29, 1.82) is 0 Å². The molecule has 1 saturated heterocycles. The van der Waals surface area contributed by atoms with E-state index in [4.69, 9.17) is 4.74 Å². The third-order valence-corrected chi connectivity index (χ3v) is 5.26. The predicted octanol–water partition coefficient (Wildman–Crippen LogP) is 6.65.